The average Bonchev–Trinajstić information content (AvgIpc) is 2.98. The Labute approximate surface area is 266 Å². The van der Waals surface area contributed by atoms with Crippen LogP contribution in [0.3, 0.4) is 0 Å². The number of amides is 2. The van der Waals surface area contributed by atoms with Crippen LogP contribution in [0.25, 0.3) is 0 Å². The maximum atomic E-state index is 14.0. The lowest BCUT2D eigenvalue weighted by atomic mass is 9.92. The van der Waals surface area contributed by atoms with Crippen LogP contribution < -0.4 is 22.5 Å². The molecule has 3 rings (SSSR count). The third-order valence-corrected chi connectivity index (χ3v) is 9.16. The van der Waals surface area contributed by atoms with E-state index in [0.29, 0.717) is 38.4 Å². The fourth-order valence-corrected chi connectivity index (χ4v) is 6.31. The van der Waals surface area contributed by atoms with Crippen molar-refractivity contribution in [2.24, 2.45) is 23.1 Å². The SMILES string of the molecule is Cc1ccc(CC(N)C(=O)N2CC(CCCCNCCN)N(C(=O)[C@H](N)Cc3ccc(C)c(C)c3)CC2CC(C)C)cc1C. The molecule has 8 nitrogen and oxygen atoms in total. The van der Waals surface area contributed by atoms with E-state index >= 15 is 0 Å². The lowest BCUT2D eigenvalue weighted by Crippen LogP contribution is -2.65. The Morgan fingerprint density at radius 1 is 0.773 bits per heavy atom. The van der Waals surface area contributed by atoms with Crippen molar-refractivity contribution in [1.82, 2.24) is 15.1 Å². The number of carbonyl (C=O) groups excluding carboxylic acids is 2. The van der Waals surface area contributed by atoms with Gasteiger partial charge in [0.15, 0.2) is 0 Å². The lowest BCUT2D eigenvalue weighted by molar-refractivity contribution is -0.149. The number of unbranched alkanes of at least 4 members (excludes halogenated alkanes) is 1. The average molecular weight is 607 g/mol. The predicted molar refractivity (Wildman–Crippen MR) is 181 cm³/mol. The Morgan fingerprint density at radius 2 is 1.27 bits per heavy atom. The van der Waals surface area contributed by atoms with Crippen molar-refractivity contribution >= 4 is 11.8 Å². The van der Waals surface area contributed by atoms with Gasteiger partial charge in [0.1, 0.15) is 0 Å². The summed E-state index contributed by atoms with van der Waals surface area (Å²) in [5.74, 6) is 0.294. The first-order valence-electron chi connectivity index (χ1n) is 16.6. The van der Waals surface area contributed by atoms with Gasteiger partial charge in [0.25, 0.3) is 0 Å². The van der Waals surface area contributed by atoms with Gasteiger partial charge in [-0.15, -0.1) is 0 Å². The number of rotatable bonds is 15. The normalized spacial score (nSPS) is 18.5. The summed E-state index contributed by atoms with van der Waals surface area (Å²) in [5, 5.41) is 3.36. The standard InChI is InChI=1S/C36H58N6O2/c1-24(2)17-32-23-41(35(43)33(38)20-29-12-10-25(3)27(5)18-29)31(9-7-8-15-40-16-14-37)22-42(32)36(44)34(39)21-30-13-11-26(4)28(6)19-30/h10-13,18-19,24,31-34,40H,7-9,14-17,20-23,37-39H2,1-6H3/t31?,32?,33-,34?/m1/s1. The molecular weight excluding hydrogens is 548 g/mol. The van der Waals surface area contributed by atoms with E-state index in [1.165, 1.54) is 22.3 Å². The molecule has 0 radical (unpaired) electrons. The van der Waals surface area contributed by atoms with Gasteiger partial charge in [-0.1, -0.05) is 56.7 Å². The Kier molecular flexibility index (Phi) is 13.8. The summed E-state index contributed by atoms with van der Waals surface area (Å²) >= 11 is 0. The molecule has 1 aliphatic rings. The fraction of sp³-hybridized carbons (Fsp3) is 0.611. The Bertz CT molecular complexity index is 1230. The molecule has 0 bridgehead atoms. The zero-order valence-corrected chi connectivity index (χ0v) is 28.1. The second-order valence-electron chi connectivity index (χ2n) is 13.4. The molecule has 1 heterocycles. The number of carbonyl (C=O) groups is 2. The van der Waals surface area contributed by atoms with Crippen molar-refractivity contribution in [3.05, 3.63) is 69.8 Å². The fourth-order valence-electron chi connectivity index (χ4n) is 6.31. The molecule has 0 aromatic heterocycles. The molecule has 1 aliphatic heterocycles. The summed E-state index contributed by atoms with van der Waals surface area (Å²) in [6.07, 6.45) is 4.49. The zero-order valence-electron chi connectivity index (χ0n) is 28.1. The molecule has 4 atom stereocenters. The van der Waals surface area contributed by atoms with Gasteiger partial charge in [0, 0.05) is 38.3 Å². The molecule has 244 valence electrons. The highest BCUT2D eigenvalue weighted by atomic mass is 16.2. The summed E-state index contributed by atoms with van der Waals surface area (Å²) in [6.45, 7) is 15.9. The highest BCUT2D eigenvalue weighted by Gasteiger charge is 2.40. The third-order valence-electron chi connectivity index (χ3n) is 9.16. The van der Waals surface area contributed by atoms with Gasteiger partial charge < -0.3 is 32.3 Å². The third kappa shape index (κ3) is 10.1. The Morgan fingerprint density at radius 3 is 1.75 bits per heavy atom. The topological polar surface area (TPSA) is 131 Å². The lowest BCUT2D eigenvalue weighted by Gasteiger charge is -2.48. The second kappa shape index (κ2) is 17.1. The van der Waals surface area contributed by atoms with Crippen LogP contribution in [0.2, 0.25) is 0 Å². The number of nitrogens with two attached hydrogens (primary N) is 3. The van der Waals surface area contributed by atoms with Crippen molar-refractivity contribution < 1.29 is 9.59 Å². The minimum Gasteiger partial charge on any atom is -0.335 e. The summed E-state index contributed by atoms with van der Waals surface area (Å²) in [6, 6.07) is 11.1. The van der Waals surface area contributed by atoms with Crippen LogP contribution in [-0.2, 0) is 22.4 Å². The van der Waals surface area contributed by atoms with Crippen LogP contribution in [-0.4, -0.2) is 78.5 Å². The quantitative estimate of drug-likeness (QED) is 0.230. The first kappa shape index (κ1) is 35.7. The molecule has 44 heavy (non-hydrogen) atoms. The van der Waals surface area contributed by atoms with Crippen molar-refractivity contribution in [2.75, 3.05) is 32.7 Å². The van der Waals surface area contributed by atoms with Crippen molar-refractivity contribution in [3.63, 3.8) is 0 Å². The molecule has 2 amide bonds. The van der Waals surface area contributed by atoms with E-state index < -0.39 is 12.1 Å². The minimum absolute atomic E-state index is 0.0324. The Balaban J connectivity index is 1.81. The number of benzene rings is 2. The summed E-state index contributed by atoms with van der Waals surface area (Å²) < 4.78 is 0. The molecule has 1 fully saturated rings. The van der Waals surface area contributed by atoms with Gasteiger partial charge in [-0.2, -0.15) is 0 Å². The molecule has 7 N–H and O–H groups in total. The molecule has 8 heteroatoms. The van der Waals surface area contributed by atoms with E-state index in [4.69, 9.17) is 17.2 Å². The van der Waals surface area contributed by atoms with E-state index in [2.05, 4.69) is 83.3 Å². The van der Waals surface area contributed by atoms with Gasteiger partial charge in [-0.25, -0.2) is 0 Å². The number of piperazine rings is 1. The van der Waals surface area contributed by atoms with Crippen LogP contribution in [0.15, 0.2) is 36.4 Å². The van der Waals surface area contributed by atoms with Crippen LogP contribution in [0.1, 0.15) is 72.9 Å². The molecule has 0 saturated carbocycles. The highest BCUT2D eigenvalue weighted by molar-refractivity contribution is 5.85. The number of nitrogens with one attached hydrogen (secondary N) is 1. The molecule has 2 aromatic carbocycles. The van der Waals surface area contributed by atoms with Crippen LogP contribution in [0, 0.1) is 33.6 Å². The number of aryl methyl sites for hydroxylation is 4. The van der Waals surface area contributed by atoms with Crippen LogP contribution in [0.4, 0.5) is 0 Å². The van der Waals surface area contributed by atoms with Gasteiger partial charge in [-0.05, 0) is 106 Å². The maximum absolute atomic E-state index is 14.0. The van der Waals surface area contributed by atoms with Gasteiger partial charge in [-0.3, -0.25) is 9.59 Å². The number of hydrogen-bond acceptors (Lipinski definition) is 6. The summed E-state index contributed by atoms with van der Waals surface area (Å²) in [5.41, 5.74) is 25.9. The molecule has 1 saturated heterocycles. The summed E-state index contributed by atoms with van der Waals surface area (Å²) in [7, 11) is 0. The largest absolute Gasteiger partial charge is 0.335 e. The highest BCUT2D eigenvalue weighted by Crippen LogP contribution is 2.26. The van der Waals surface area contributed by atoms with E-state index in [1.54, 1.807) is 0 Å². The van der Waals surface area contributed by atoms with Crippen molar-refractivity contribution in [2.45, 2.75) is 104 Å². The minimum atomic E-state index is -0.639. The van der Waals surface area contributed by atoms with E-state index in [9.17, 15) is 9.59 Å². The number of hydrogen-bond donors (Lipinski definition) is 4. The van der Waals surface area contributed by atoms with Gasteiger partial charge in [0.05, 0.1) is 12.1 Å². The smallest absolute Gasteiger partial charge is 0.240 e. The maximum Gasteiger partial charge on any atom is 0.240 e. The first-order chi connectivity index (χ1) is 20.9. The van der Waals surface area contributed by atoms with Gasteiger partial charge in [0.2, 0.25) is 11.8 Å². The zero-order chi connectivity index (χ0) is 32.4. The van der Waals surface area contributed by atoms with Gasteiger partial charge >= 0.3 is 0 Å². The molecule has 0 aliphatic carbocycles. The van der Waals surface area contributed by atoms with E-state index in [0.717, 1.165) is 49.9 Å². The molecule has 3 unspecified atom stereocenters. The van der Waals surface area contributed by atoms with Crippen molar-refractivity contribution in [1.29, 1.82) is 0 Å². The van der Waals surface area contributed by atoms with E-state index in [1.807, 2.05) is 9.80 Å². The monoisotopic (exact) mass is 606 g/mol. The first-order valence-corrected chi connectivity index (χ1v) is 16.6. The Hall–Kier alpha value is -2.78. The predicted octanol–water partition coefficient (Wildman–Crippen LogP) is 3.53. The van der Waals surface area contributed by atoms with Crippen LogP contribution >= 0.6 is 0 Å². The van der Waals surface area contributed by atoms with Crippen molar-refractivity contribution in [3.8, 4) is 0 Å². The second-order valence-corrected chi connectivity index (χ2v) is 13.4. The number of nitrogens with zero attached hydrogens (tertiary/aromatic N) is 2. The van der Waals surface area contributed by atoms with Crippen LogP contribution in [0.5, 0.6) is 0 Å². The molecule has 0 spiro atoms. The summed E-state index contributed by atoms with van der Waals surface area (Å²) in [4.78, 5) is 32.0. The molecule has 2 aromatic rings. The van der Waals surface area contributed by atoms with E-state index in [-0.39, 0.29) is 23.9 Å². The molecular formula is C36H58N6O2.